The molecule has 0 radical (unpaired) electrons. The maximum absolute atomic E-state index is 13.1. The number of hydrogen-bond donors (Lipinski definition) is 2. The number of nitrogens with one attached hydrogen (secondary N) is 2. The summed E-state index contributed by atoms with van der Waals surface area (Å²) in [5.41, 5.74) is 1.93. The zero-order chi connectivity index (χ0) is 16.8. The number of piperidine rings is 1. The van der Waals surface area contributed by atoms with Crippen molar-refractivity contribution in [2.24, 2.45) is 0 Å². The van der Waals surface area contributed by atoms with Crippen LogP contribution in [0.2, 0.25) is 0 Å². The van der Waals surface area contributed by atoms with E-state index >= 15 is 0 Å². The van der Waals surface area contributed by atoms with Crippen LogP contribution in [0.15, 0.2) is 36.5 Å². The molecule has 1 saturated heterocycles. The monoisotopic (exact) mass is 330 g/mol. The Hall–Kier alpha value is -2.21. The molecule has 2 heterocycles. The van der Waals surface area contributed by atoms with Gasteiger partial charge in [0.05, 0.1) is 5.69 Å². The van der Waals surface area contributed by atoms with Crippen LogP contribution in [0.25, 0.3) is 0 Å². The van der Waals surface area contributed by atoms with Crippen LogP contribution in [0.3, 0.4) is 0 Å². The van der Waals surface area contributed by atoms with Gasteiger partial charge in [-0.15, -0.1) is 0 Å². The van der Waals surface area contributed by atoms with Gasteiger partial charge in [0.1, 0.15) is 12.4 Å². The number of carbonyl (C=O) groups excluding carboxylic acids is 1. The van der Waals surface area contributed by atoms with E-state index in [4.69, 9.17) is 0 Å². The predicted molar refractivity (Wildman–Crippen MR) is 90.2 cm³/mol. The van der Waals surface area contributed by atoms with Crippen molar-refractivity contribution in [2.45, 2.75) is 31.7 Å². The number of aromatic nitrogens is 2. The van der Waals surface area contributed by atoms with Crippen molar-refractivity contribution in [3.8, 4) is 0 Å². The highest BCUT2D eigenvalue weighted by Gasteiger charge is 2.17. The first-order chi connectivity index (χ1) is 11.7. The van der Waals surface area contributed by atoms with E-state index in [2.05, 4.69) is 15.7 Å². The van der Waals surface area contributed by atoms with Crippen LogP contribution in [0.1, 0.15) is 30.0 Å². The number of carbonyl (C=O) groups is 1. The highest BCUT2D eigenvalue weighted by molar-refractivity contribution is 5.75. The van der Waals surface area contributed by atoms with Gasteiger partial charge in [-0.1, -0.05) is 12.1 Å². The Balaban J connectivity index is 1.44. The fourth-order valence-electron chi connectivity index (χ4n) is 3.03. The van der Waals surface area contributed by atoms with Crippen LogP contribution < -0.4 is 10.6 Å². The smallest absolute Gasteiger partial charge is 0.241 e. The first-order valence-electron chi connectivity index (χ1n) is 8.46. The average Bonchev–Trinajstić information content (AvgIpc) is 3.04. The second-order valence-electron chi connectivity index (χ2n) is 6.21. The molecule has 0 saturated carbocycles. The van der Waals surface area contributed by atoms with E-state index in [0.717, 1.165) is 37.2 Å². The minimum Gasteiger partial charge on any atom is -0.354 e. The molecular formula is C18H23FN4O. The highest BCUT2D eigenvalue weighted by atomic mass is 19.1. The molecule has 1 aliphatic rings. The molecule has 2 N–H and O–H groups in total. The van der Waals surface area contributed by atoms with Crippen molar-refractivity contribution in [3.63, 3.8) is 0 Å². The Kier molecular flexibility index (Phi) is 5.59. The second kappa shape index (κ2) is 8.06. The summed E-state index contributed by atoms with van der Waals surface area (Å²) < 4.78 is 14.8. The normalized spacial score (nSPS) is 17.6. The topological polar surface area (TPSA) is 59.0 Å². The molecule has 2 aromatic rings. The predicted octanol–water partition coefficient (Wildman–Crippen LogP) is 1.85. The Morgan fingerprint density at radius 3 is 3.12 bits per heavy atom. The van der Waals surface area contributed by atoms with Crippen LogP contribution in [-0.4, -0.2) is 35.3 Å². The highest BCUT2D eigenvalue weighted by Crippen LogP contribution is 2.21. The van der Waals surface area contributed by atoms with Gasteiger partial charge >= 0.3 is 0 Å². The third-order valence-corrected chi connectivity index (χ3v) is 4.31. The van der Waals surface area contributed by atoms with E-state index in [0.29, 0.717) is 18.9 Å². The molecule has 1 amide bonds. The lowest BCUT2D eigenvalue weighted by Gasteiger charge is -2.20. The molecule has 0 spiro atoms. The van der Waals surface area contributed by atoms with Gasteiger partial charge in [-0.2, -0.15) is 5.10 Å². The fourth-order valence-corrected chi connectivity index (χ4v) is 3.03. The van der Waals surface area contributed by atoms with Crippen molar-refractivity contribution in [1.82, 2.24) is 20.4 Å². The van der Waals surface area contributed by atoms with Gasteiger partial charge < -0.3 is 10.6 Å². The molecular weight excluding hydrogens is 307 g/mol. The molecule has 1 fully saturated rings. The van der Waals surface area contributed by atoms with E-state index in [1.165, 1.54) is 12.1 Å². The van der Waals surface area contributed by atoms with Gasteiger partial charge in [-0.05, 0) is 49.6 Å². The lowest BCUT2D eigenvalue weighted by Crippen LogP contribution is -2.30. The molecule has 1 aliphatic heterocycles. The summed E-state index contributed by atoms with van der Waals surface area (Å²) in [6.45, 7) is 2.73. The molecule has 1 aromatic heterocycles. The Labute approximate surface area is 141 Å². The van der Waals surface area contributed by atoms with Crippen LogP contribution in [0.4, 0.5) is 4.39 Å². The third kappa shape index (κ3) is 4.64. The van der Waals surface area contributed by atoms with E-state index < -0.39 is 0 Å². The molecule has 0 unspecified atom stereocenters. The van der Waals surface area contributed by atoms with Crippen molar-refractivity contribution in [1.29, 1.82) is 0 Å². The molecule has 5 nitrogen and oxygen atoms in total. The molecule has 3 rings (SSSR count). The minimum atomic E-state index is -0.250. The number of amides is 1. The number of hydrogen-bond acceptors (Lipinski definition) is 3. The fraction of sp³-hybridized carbons (Fsp3) is 0.444. The lowest BCUT2D eigenvalue weighted by atomic mass is 9.97. The van der Waals surface area contributed by atoms with Crippen LogP contribution >= 0.6 is 0 Å². The van der Waals surface area contributed by atoms with E-state index in [-0.39, 0.29) is 18.3 Å². The summed E-state index contributed by atoms with van der Waals surface area (Å²) >= 11 is 0. The van der Waals surface area contributed by atoms with Gasteiger partial charge in [-0.25, -0.2) is 4.39 Å². The van der Waals surface area contributed by atoms with Crippen LogP contribution in [0.5, 0.6) is 0 Å². The molecule has 0 aliphatic carbocycles. The molecule has 1 atom stereocenters. The standard InChI is InChI=1S/C18H23FN4O/c19-16-5-1-3-14(11-16)6-9-21-18(24)13-23-10-7-17(22-23)15-4-2-8-20-12-15/h1,3,5,7,10-11,15,20H,2,4,6,8-9,12-13H2,(H,21,24)/t15-/m1/s1. The quantitative estimate of drug-likeness (QED) is 0.850. The van der Waals surface area contributed by atoms with Crippen molar-refractivity contribution in [2.75, 3.05) is 19.6 Å². The molecule has 6 heteroatoms. The van der Waals surface area contributed by atoms with Crippen LogP contribution in [0, 0.1) is 5.82 Å². The largest absolute Gasteiger partial charge is 0.354 e. The lowest BCUT2D eigenvalue weighted by molar-refractivity contribution is -0.121. The zero-order valence-corrected chi connectivity index (χ0v) is 13.7. The van der Waals surface area contributed by atoms with Crippen molar-refractivity contribution < 1.29 is 9.18 Å². The summed E-state index contributed by atoms with van der Waals surface area (Å²) in [5, 5.41) is 10.7. The second-order valence-corrected chi connectivity index (χ2v) is 6.21. The minimum absolute atomic E-state index is 0.0807. The van der Waals surface area contributed by atoms with Gasteiger partial charge in [-0.3, -0.25) is 9.48 Å². The Morgan fingerprint density at radius 1 is 1.42 bits per heavy atom. The number of benzene rings is 1. The first kappa shape index (κ1) is 16.6. The maximum Gasteiger partial charge on any atom is 0.241 e. The summed E-state index contributed by atoms with van der Waals surface area (Å²) in [4.78, 5) is 12.0. The number of nitrogens with zero attached hydrogens (tertiary/aromatic N) is 2. The van der Waals surface area contributed by atoms with Crippen molar-refractivity contribution >= 4 is 5.91 Å². The average molecular weight is 330 g/mol. The Bertz CT molecular complexity index is 679. The van der Waals surface area contributed by atoms with E-state index in [1.54, 1.807) is 10.7 Å². The van der Waals surface area contributed by atoms with E-state index in [9.17, 15) is 9.18 Å². The first-order valence-corrected chi connectivity index (χ1v) is 8.46. The zero-order valence-electron chi connectivity index (χ0n) is 13.7. The third-order valence-electron chi connectivity index (χ3n) is 4.31. The molecule has 0 bridgehead atoms. The van der Waals surface area contributed by atoms with E-state index in [1.807, 2.05) is 18.3 Å². The van der Waals surface area contributed by atoms with Gasteiger partial charge in [0.2, 0.25) is 5.91 Å². The maximum atomic E-state index is 13.1. The number of rotatable bonds is 6. The Morgan fingerprint density at radius 2 is 2.33 bits per heavy atom. The molecule has 24 heavy (non-hydrogen) atoms. The molecule has 128 valence electrons. The summed E-state index contributed by atoms with van der Waals surface area (Å²) in [5.74, 6) is 0.110. The summed E-state index contributed by atoms with van der Waals surface area (Å²) in [6, 6.07) is 8.44. The number of halogens is 1. The summed E-state index contributed by atoms with van der Waals surface area (Å²) in [7, 11) is 0. The summed E-state index contributed by atoms with van der Waals surface area (Å²) in [6.07, 6.45) is 4.78. The van der Waals surface area contributed by atoms with Crippen molar-refractivity contribution in [3.05, 3.63) is 53.6 Å². The SMILES string of the molecule is O=C(Cn1ccc([C@@H]2CCCNC2)n1)NCCc1cccc(F)c1. The van der Waals surface area contributed by atoms with Crippen LogP contribution in [-0.2, 0) is 17.8 Å². The van der Waals surface area contributed by atoms with Gasteiger partial charge in [0.15, 0.2) is 0 Å². The van der Waals surface area contributed by atoms with Gasteiger partial charge in [0, 0.05) is 25.2 Å². The van der Waals surface area contributed by atoms with Gasteiger partial charge in [0.25, 0.3) is 0 Å². The molecule has 1 aromatic carbocycles.